The van der Waals surface area contributed by atoms with Gasteiger partial charge in [-0.3, -0.25) is 4.79 Å². The minimum Gasteiger partial charge on any atom is -0.459 e. The third-order valence-electron chi connectivity index (χ3n) is 4.24. The van der Waals surface area contributed by atoms with Crippen LogP contribution >= 0.6 is 0 Å². The van der Waals surface area contributed by atoms with Gasteiger partial charge in [-0.25, -0.2) is 4.79 Å². The van der Waals surface area contributed by atoms with Gasteiger partial charge in [0.1, 0.15) is 6.10 Å². The predicted octanol–water partition coefficient (Wildman–Crippen LogP) is 4.43. The Labute approximate surface area is 141 Å². The lowest BCUT2D eigenvalue weighted by Crippen LogP contribution is -2.20. The first-order valence-corrected chi connectivity index (χ1v) is 8.40. The number of esters is 1. The van der Waals surface area contributed by atoms with E-state index in [-0.39, 0.29) is 18.0 Å². The molecule has 0 bridgehead atoms. The van der Waals surface area contributed by atoms with Crippen molar-refractivity contribution in [3.63, 3.8) is 0 Å². The van der Waals surface area contributed by atoms with Crippen LogP contribution in [0, 0.1) is 0 Å². The molecule has 0 spiro atoms. The minimum absolute atomic E-state index is 0.0451. The van der Waals surface area contributed by atoms with E-state index in [1.807, 2.05) is 18.2 Å². The summed E-state index contributed by atoms with van der Waals surface area (Å²) in [5.41, 5.74) is 1.76. The number of amides is 1. The van der Waals surface area contributed by atoms with Gasteiger partial charge < -0.3 is 10.1 Å². The number of hydrogen-bond donors (Lipinski definition) is 1. The average Bonchev–Trinajstić information content (AvgIpc) is 2.64. The van der Waals surface area contributed by atoms with Crippen LogP contribution in [0.5, 0.6) is 0 Å². The van der Waals surface area contributed by atoms with Crippen LogP contribution in [0.15, 0.2) is 54.6 Å². The monoisotopic (exact) mass is 323 g/mol. The third-order valence-corrected chi connectivity index (χ3v) is 4.24. The van der Waals surface area contributed by atoms with Crippen molar-refractivity contribution >= 4 is 17.6 Å². The SMILES string of the molecule is O=C(Nc1ccc(C(=O)OC2CCCCC2)cc1)c1ccccc1. The molecule has 0 saturated heterocycles. The molecule has 0 aliphatic heterocycles. The number of rotatable bonds is 4. The van der Waals surface area contributed by atoms with E-state index in [2.05, 4.69) is 5.32 Å². The molecular formula is C20H21NO3. The van der Waals surface area contributed by atoms with Gasteiger partial charge in [0, 0.05) is 11.3 Å². The van der Waals surface area contributed by atoms with Gasteiger partial charge in [-0.05, 0) is 62.1 Å². The van der Waals surface area contributed by atoms with Crippen LogP contribution < -0.4 is 5.32 Å². The summed E-state index contributed by atoms with van der Waals surface area (Å²) in [5.74, 6) is -0.462. The first-order valence-electron chi connectivity index (χ1n) is 8.40. The second-order valence-corrected chi connectivity index (χ2v) is 6.06. The van der Waals surface area contributed by atoms with Crippen molar-refractivity contribution in [3.05, 3.63) is 65.7 Å². The zero-order chi connectivity index (χ0) is 16.8. The second kappa shape index (κ2) is 7.77. The smallest absolute Gasteiger partial charge is 0.338 e. The fourth-order valence-electron chi connectivity index (χ4n) is 2.88. The van der Waals surface area contributed by atoms with E-state index in [9.17, 15) is 9.59 Å². The second-order valence-electron chi connectivity index (χ2n) is 6.06. The third kappa shape index (κ3) is 4.22. The molecule has 124 valence electrons. The average molecular weight is 323 g/mol. The Morgan fingerprint density at radius 2 is 1.50 bits per heavy atom. The molecule has 0 atom stereocenters. The lowest BCUT2D eigenvalue weighted by atomic mass is 9.98. The zero-order valence-electron chi connectivity index (χ0n) is 13.5. The molecule has 1 aliphatic rings. The first kappa shape index (κ1) is 16.2. The van der Waals surface area contributed by atoms with E-state index >= 15 is 0 Å². The van der Waals surface area contributed by atoms with E-state index in [1.165, 1.54) is 6.42 Å². The van der Waals surface area contributed by atoms with Crippen molar-refractivity contribution in [3.8, 4) is 0 Å². The van der Waals surface area contributed by atoms with Crippen molar-refractivity contribution in [1.29, 1.82) is 0 Å². The lowest BCUT2D eigenvalue weighted by molar-refractivity contribution is 0.0211. The molecule has 1 saturated carbocycles. The number of ether oxygens (including phenoxy) is 1. The standard InChI is InChI=1S/C20H21NO3/c22-19(15-7-3-1-4-8-15)21-17-13-11-16(12-14-17)20(23)24-18-9-5-2-6-10-18/h1,3-4,7-8,11-14,18H,2,5-6,9-10H2,(H,21,22). The molecule has 2 aromatic carbocycles. The molecule has 0 aromatic heterocycles. The number of benzene rings is 2. The van der Waals surface area contributed by atoms with E-state index < -0.39 is 0 Å². The molecule has 4 heteroatoms. The van der Waals surface area contributed by atoms with Crippen LogP contribution in [0.25, 0.3) is 0 Å². The van der Waals surface area contributed by atoms with Gasteiger partial charge in [0.05, 0.1) is 5.56 Å². The van der Waals surface area contributed by atoms with Gasteiger partial charge in [-0.2, -0.15) is 0 Å². The summed E-state index contributed by atoms with van der Waals surface area (Å²) < 4.78 is 5.54. The van der Waals surface area contributed by atoms with Gasteiger partial charge >= 0.3 is 5.97 Å². The maximum absolute atomic E-state index is 12.2. The zero-order valence-corrected chi connectivity index (χ0v) is 13.5. The molecule has 24 heavy (non-hydrogen) atoms. The summed E-state index contributed by atoms with van der Waals surface area (Å²) in [6, 6.07) is 15.8. The Balaban J connectivity index is 1.58. The Bertz CT molecular complexity index is 689. The quantitative estimate of drug-likeness (QED) is 0.847. The van der Waals surface area contributed by atoms with E-state index in [0.717, 1.165) is 25.7 Å². The number of carbonyl (C=O) groups excluding carboxylic acids is 2. The maximum Gasteiger partial charge on any atom is 0.338 e. The van der Waals surface area contributed by atoms with Crippen molar-refractivity contribution < 1.29 is 14.3 Å². The summed E-state index contributed by atoms with van der Waals surface area (Å²) in [5, 5.41) is 2.81. The Kier molecular flexibility index (Phi) is 5.26. The molecule has 1 fully saturated rings. The predicted molar refractivity (Wildman–Crippen MR) is 93.1 cm³/mol. The van der Waals surface area contributed by atoms with Crippen LogP contribution in [-0.4, -0.2) is 18.0 Å². The first-order chi connectivity index (χ1) is 11.7. The lowest BCUT2D eigenvalue weighted by Gasteiger charge is -2.21. The number of nitrogens with one attached hydrogen (secondary N) is 1. The molecule has 0 unspecified atom stereocenters. The highest BCUT2D eigenvalue weighted by atomic mass is 16.5. The topological polar surface area (TPSA) is 55.4 Å². The largest absolute Gasteiger partial charge is 0.459 e. The molecule has 1 aliphatic carbocycles. The van der Waals surface area contributed by atoms with E-state index in [4.69, 9.17) is 4.74 Å². The molecule has 4 nitrogen and oxygen atoms in total. The van der Waals surface area contributed by atoms with Gasteiger partial charge in [0.15, 0.2) is 0 Å². The van der Waals surface area contributed by atoms with Crippen molar-refractivity contribution in [1.82, 2.24) is 0 Å². The van der Waals surface area contributed by atoms with Crippen LogP contribution in [0.4, 0.5) is 5.69 Å². The van der Waals surface area contributed by atoms with Crippen molar-refractivity contribution in [2.45, 2.75) is 38.2 Å². The van der Waals surface area contributed by atoms with E-state index in [0.29, 0.717) is 16.8 Å². The summed E-state index contributed by atoms with van der Waals surface area (Å²) in [6.45, 7) is 0. The maximum atomic E-state index is 12.2. The van der Waals surface area contributed by atoms with Crippen LogP contribution in [0.3, 0.4) is 0 Å². The van der Waals surface area contributed by atoms with Crippen molar-refractivity contribution in [2.24, 2.45) is 0 Å². The van der Waals surface area contributed by atoms with Crippen LogP contribution in [0.1, 0.15) is 52.8 Å². The number of carbonyl (C=O) groups is 2. The Hall–Kier alpha value is -2.62. The molecule has 2 aromatic rings. The Morgan fingerprint density at radius 3 is 2.17 bits per heavy atom. The Morgan fingerprint density at radius 1 is 0.833 bits per heavy atom. The summed E-state index contributed by atoms with van der Waals surface area (Å²) >= 11 is 0. The highest BCUT2D eigenvalue weighted by Crippen LogP contribution is 2.22. The summed E-state index contributed by atoms with van der Waals surface area (Å²) in [4.78, 5) is 24.3. The number of anilines is 1. The summed E-state index contributed by atoms with van der Waals surface area (Å²) in [7, 11) is 0. The molecule has 0 radical (unpaired) electrons. The van der Waals surface area contributed by atoms with E-state index in [1.54, 1.807) is 36.4 Å². The highest BCUT2D eigenvalue weighted by Gasteiger charge is 2.18. The minimum atomic E-state index is -0.289. The van der Waals surface area contributed by atoms with Gasteiger partial charge in [0.2, 0.25) is 0 Å². The normalized spacial score (nSPS) is 14.8. The fourth-order valence-corrected chi connectivity index (χ4v) is 2.88. The van der Waals surface area contributed by atoms with Crippen molar-refractivity contribution in [2.75, 3.05) is 5.32 Å². The molecule has 0 heterocycles. The van der Waals surface area contributed by atoms with Gasteiger partial charge in [-0.1, -0.05) is 24.6 Å². The molecule has 1 N–H and O–H groups in total. The van der Waals surface area contributed by atoms with Crippen LogP contribution in [-0.2, 0) is 4.74 Å². The molecule has 1 amide bonds. The molecular weight excluding hydrogens is 302 g/mol. The number of hydrogen-bond acceptors (Lipinski definition) is 3. The summed E-state index contributed by atoms with van der Waals surface area (Å²) in [6.07, 6.45) is 5.44. The van der Waals surface area contributed by atoms with Gasteiger partial charge in [0.25, 0.3) is 5.91 Å². The fraction of sp³-hybridized carbons (Fsp3) is 0.300. The van der Waals surface area contributed by atoms with Gasteiger partial charge in [-0.15, -0.1) is 0 Å². The molecule has 3 rings (SSSR count). The van der Waals surface area contributed by atoms with Crippen LogP contribution in [0.2, 0.25) is 0 Å². The highest BCUT2D eigenvalue weighted by molar-refractivity contribution is 6.04.